The molecule has 0 spiro atoms. The molecule has 0 bridgehead atoms. The predicted molar refractivity (Wildman–Crippen MR) is 71.1 cm³/mol. The molecular formula is C13H20N2O3. The summed E-state index contributed by atoms with van der Waals surface area (Å²) in [5.74, 6) is 0.787. The zero-order valence-electron chi connectivity index (χ0n) is 11.0. The van der Waals surface area contributed by atoms with Crippen LogP contribution in [0.2, 0.25) is 0 Å². The second-order valence-corrected chi connectivity index (χ2v) is 4.20. The average molecular weight is 252 g/mol. The molecule has 0 aliphatic heterocycles. The largest absolute Gasteiger partial charge is 0.496 e. The molecule has 3 N–H and O–H groups in total. The van der Waals surface area contributed by atoms with Gasteiger partial charge in [0.15, 0.2) is 0 Å². The first-order valence-electron chi connectivity index (χ1n) is 5.90. The first kappa shape index (κ1) is 14.3. The van der Waals surface area contributed by atoms with Crippen LogP contribution < -0.4 is 15.4 Å². The standard InChI is InChI=1S/C13H20N2O3/c1-9-8-11(4-5-12(9)18-3)15-13(17)14-10(2)6-7-16/h4-5,8,10,16H,6-7H2,1-3H3,(H2,14,15,17)/t10-/m1/s1. The van der Waals surface area contributed by atoms with E-state index in [0.717, 1.165) is 11.3 Å². The highest BCUT2D eigenvalue weighted by Crippen LogP contribution is 2.21. The molecule has 5 heteroatoms. The fourth-order valence-electron chi connectivity index (χ4n) is 1.61. The Morgan fingerprint density at radius 2 is 2.22 bits per heavy atom. The van der Waals surface area contributed by atoms with Gasteiger partial charge in [-0.2, -0.15) is 0 Å². The van der Waals surface area contributed by atoms with Crippen molar-refractivity contribution in [3.63, 3.8) is 0 Å². The van der Waals surface area contributed by atoms with Gasteiger partial charge in [0.1, 0.15) is 5.75 Å². The second-order valence-electron chi connectivity index (χ2n) is 4.20. The molecule has 0 saturated heterocycles. The molecule has 0 aliphatic rings. The molecule has 0 heterocycles. The molecular weight excluding hydrogens is 232 g/mol. The first-order chi connectivity index (χ1) is 8.56. The molecule has 0 saturated carbocycles. The van der Waals surface area contributed by atoms with E-state index in [2.05, 4.69) is 10.6 Å². The van der Waals surface area contributed by atoms with Gasteiger partial charge < -0.3 is 20.5 Å². The van der Waals surface area contributed by atoms with Crippen molar-refractivity contribution in [1.82, 2.24) is 5.32 Å². The molecule has 0 unspecified atom stereocenters. The van der Waals surface area contributed by atoms with E-state index < -0.39 is 0 Å². The van der Waals surface area contributed by atoms with Crippen LogP contribution >= 0.6 is 0 Å². The van der Waals surface area contributed by atoms with Gasteiger partial charge in [0.25, 0.3) is 0 Å². The van der Waals surface area contributed by atoms with Gasteiger partial charge >= 0.3 is 6.03 Å². The molecule has 100 valence electrons. The maximum Gasteiger partial charge on any atom is 0.319 e. The minimum Gasteiger partial charge on any atom is -0.496 e. The van der Waals surface area contributed by atoms with Crippen LogP contribution in [0, 0.1) is 6.92 Å². The van der Waals surface area contributed by atoms with E-state index in [9.17, 15) is 4.79 Å². The first-order valence-corrected chi connectivity index (χ1v) is 5.90. The smallest absolute Gasteiger partial charge is 0.319 e. The number of amides is 2. The number of urea groups is 1. The Balaban J connectivity index is 2.57. The quantitative estimate of drug-likeness (QED) is 0.749. The summed E-state index contributed by atoms with van der Waals surface area (Å²) in [6, 6.07) is 5.09. The molecule has 0 aromatic heterocycles. The number of ether oxygens (including phenoxy) is 1. The minimum atomic E-state index is -0.277. The van der Waals surface area contributed by atoms with Crippen LogP contribution in [0.15, 0.2) is 18.2 Å². The molecule has 1 rings (SSSR count). The van der Waals surface area contributed by atoms with Crippen LogP contribution in [0.3, 0.4) is 0 Å². The number of benzene rings is 1. The number of carbonyl (C=O) groups is 1. The van der Waals surface area contributed by atoms with Gasteiger partial charge in [0.2, 0.25) is 0 Å². The van der Waals surface area contributed by atoms with Crippen molar-refractivity contribution >= 4 is 11.7 Å². The lowest BCUT2D eigenvalue weighted by Crippen LogP contribution is -2.36. The summed E-state index contributed by atoms with van der Waals surface area (Å²) in [5.41, 5.74) is 1.67. The van der Waals surface area contributed by atoms with Gasteiger partial charge in [-0.05, 0) is 44.0 Å². The highest BCUT2D eigenvalue weighted by atomic mass is 16.5. The van der Waals surface area contributed by atoms with Crippen LogP contribution in [-0.2, 0) is 0 Å². The van der Waals surface area contributed by atoms with Crippen molar-refractivity contribution in [2.75, 3.05) is 19.0 Å². The topological polar surface area (TPSA) is 70.6 Å². The summed E-state index contributed by atoms with van der Waals surface area (Å²) < 4.78 is 5.15. The highest BCUT2D eigenvalue weighted by molar-refractivity contribution is 5.89. The number of anilines is 1. The summed E-state index contributed by atoms with van der Waals surface area (Å²) in [5, 5.41) is 14.2. The van der Waals surface area contributed by atoms with E-state index in [1.165, 1.54) is 0 Å². The maximum absolute atomic E-state index is 11.6. The average Bonchev–Trinajstić information content (AvgIpc) is 2.29. The molecule has 18 heavy (non-hydrogen) atoms. The van der Waals surface area contributed by atoms with Crippen molar-refractivity contribution in [3.05, 3.63) is 23.8 Å². The van der Waals surface area contributed by atoms with E-state index in [1.54, 1.807) is 13.2 Å². The van der Waals surface area contributed by atoms with E-state index in [4.69, 9.17) is 9.84 Å². The third-order valence-corrected chi connectivity index (χ3v) is 2.59. The van der Waals surface area contributed by atoms with Crippen molar-refractivity contribution in [2.24, 2.45) is 0 Å². The fourth-order valence-corrected chi connectivity index (χ4v) is 1.61. The molecule has 0 aliphatic carbocycles. The zero-order chi connectivity index (χ0) is 13.5. The van der Waals surface area contributed by atoms with Gasteiger partial charge in [-0.3, -0.25) is 0 Å². The summed E-state index contributed by atoms with van der Waals surface area (Å²) in [7, 11) is 1.61. The Morgan fingerprint density at radius 3 is 2.78 bits per heavy atom. The van der Waals surface area contributed by atoms with Crippen molar-refractivity contribution < 1.29 is 14.6 Å². The number of hydrogen-bond donors (Lipinski definition) is 3. The Bertz CT molecular complexity index is 407. The minimum absolute atomic E-state index is 0.0586. The molecule has 5 nitrogen and oxygen atoms in total. The lowest BCUT2D eigenvalue weighted by molar-refractivity contribution is 0.241. The number of rotatable bonds is 5. The molecule has 0 radical (unpaired) electrons. The number of hydrogen-bond acceptors (Lipinski definition) is 3. The molecule has 2 amide bonds. The van der Waals surface area contributed by atoms with E-state index in [0.29, 0.717) is 12.1 Å². The SMILES string of the molecule is COc1ccc(NC(=O)N[C@H](C)CCO)cc1C. The van der Waals surface area contributed by atoms with Gasteiger partial charge in [-0.25, -0.2) is 4.79 Å². The monoisotopic (exact) mass is 252 g/mol. The van der Waals surface area contributed by atoms with Gasteiger partial charge in [0.05, 0.1) is 7.11 Å². The second kappa shape index (κ2) is 6.86. The number of aliphatic hydroxyl groups is 1. The van der Waals surface area contributed by atoms with E-state index in [-0.39, 0.29) is 18.7 Å². The van der Waals surface area contributed by atoms with Crippen LogP contribution in [-0.4, -0.2) is 30.9 Å². The van der Waals surface area contributed by atoms with Crippen molar-refractivity contribution in [3.8, 4) is 5.75 Å². The number of aliphatic hydroxyl groups excluding tert-OH is 1. The number of aryl methyl sites for hydroxylation is 1. The van der Waals surface area contributed by atoms with Crippen molar-refractivity contribution in [1.29, 1.82) is 0 Å². The Morgan fingerprint density at radius 1 is 1.50 bits per heavy atom. The highest BCUT2D eigenvalue weighted by Gasteiger charge is 2.07. The van der Waals surface area contributed by atoms with E-state index >= 15 is 0 Å². The number of methoxy groups -OCH3 is 1. The Labute approximate surface area is 107 Å². The third kappa shape index (κ3) is 4.25. The third-order valence-electron chi connectivity index (χ3n) is 2.59. The summed E-state index contributed by atoms with van der Waals surface area (Å²) >= 11 is 0. The van der Waals surface area contributed by atoms with E-state index in [1.807, 2.05) is 26.0 Å². The zero-order valence-corrected chi connectivity index (χ0v) is 11.0. The van der Waals surface area contributed by atoms with Gasteiger partial charge in [-0.15, -0.1) is 0 Å². The normalized spacial score (nSPS) is 11.8. The van der Waals surface area contributed by atoms with Crippen LogP contribution in [0.1, 0.15) is 18.9 Å². The Hall–Kier alpha value is -1.75. The number of carbonyl (C=O) groups excluding carboxylic acids is 1. The molecule has 1 aromatic rings. The fraction of sp³-hybridized carbons (Fsp3) is 0.462. The predicted octanol–water partition coefficient (Wildman–Crippen LogP) is 1.90. The Kier molecular flexibility index (Phi) is 5.45. The molecule has 1 aromatic carbocycles. The number of nitrogens with one attached hydrogen (secondary N) is 2. The van der Waals surface area contributed by atoms with Gasteiger partial charge in [0, 0.05) is 18.3 Å². The summed E-state index contributed by atoms with van der Waals surface area (Å²) in [4.78, 5) is 11.6. The molecule has 0 fully saturated rings. The summed E-state index contributed by atoms with van der Waals surface area (Å²) in [6.07, 6.45) is 0.537. The van der Waals surface area contributed by atoms with Crippen LogP contribution in [0.5, 0.6) is 5.75 Å². The van der Waals surface area contributed by atoms with Crippen LogP contribution in [0.25, 0.3) is 0 Å². The lowest BCUT2D eigenvalue weighted by Gasteiger charge is -2.14. The summed E-state index contributed by atoms with van der Waals surface area (Å²) in [6.45, 7) is 3.81. The van der Waals surface area contributed by atoms with Crippen LogP contribution in [0.4, 0.5) is 10.5 Å². The van der Waals surface area contributed by atoms with Crippen molar-refractivity contribution in [2.45, 2.75) is 26.3 Å². The molecule has 1 atom stereocenters. The maximum atomic E-state index is 11.6. The van der Waals surface area contributed by atoms with Gasteiger partial charge in [-0.1, -0.05) is 0 Å². The lowest BCUT2D eigenvalue weighted by atomic mass is 10.2.